The number of hydrogen-bond acceptors (Lipinski definition) is 2. The topological polar surface area (TPSA) is 29.4 Å². The van der Waals surface area contributed by atoms with Crippen LogP contribution >= 0.6 is 0 Å². The average molecular weight is 147 g/mol. The first-order chi connectivity index (χ1) is 5.38. The standard InChI is InChI=1S/C9H9NO/c1-2-9(10-11)8-6-4-3-5-7-8/h2-7,9H,1H2. The minimum atomic E-state index is -0.406. The second-order valence-corrected chi connectivity index (χ2v) is 2.20. The molecule has 11 heavy (non-hydrogen) atoms. The largest absolute Gasteiger partial charge is 0.150 e. The highest BCUT2D eigenvalue weighted by molar-refractivity contribution is 5.22. The Morgan fingerprint density at radius 3 is 2.45 bits per heavy atom. The zero-order valence-corrected chi connectivity index (χ0v) is 6.10. The van der Waals surface area contributed by atoms with E-state index in [9.17, 15) is 4.91 Å². The van der Waals surface area contributed by atoms with E-state index in [0.717, 1.165) is 5.56 Å². The molecule has 0 fully saturated rings. The van der Waals surface area contributed by atoms with Crippen LogP contribution in [0.1, 0.15) is 11.6 Å². The van der Waals surface area contributed by atoms with Gasteiger partial charge < -0.3 is 0 Å². The molecule has 0 amide bonds. The molecule has 1 aromatic rings. The molecule has 0 radical (unpaired) electrons. The fourth-order valence-electron chi connectivity index (χ4n) is 0.890. The van der Waals surface area contributed by atoms with Crippen molar-refractivity contribution >= 4 is 0 Å². The number of hydrogen-bond donors (Lipinski definition) is 0. The lowest BCUT2D eigenvalue weighted by Crippen LogP contribution is -1.87. The molecule has 1 unspecified atom stereocenters. The van der Waals surface area contributed by atoms with E-state index < -0.39 is 6.04 Å². The molecule has 0 aliphatic heterocycles. The SMILES string of the molecule is C=CC(N=O)c1ccccc1. The van der Waals surface area contributed by atoms with Crippen LogP contribution in [0, 0.1) is 4.91 Å². The molecule has 2 nitrogen and oxygen atoms in total. The maximum atomic E-state index is 10.2. The highest BCUT2D eigenvalue weighted by Gasteiger charge is 2.03. The van der Waals surface area contributed by atoms with E-state index >= 15 is 0 Å². The molecule has 0 saturated heterocycles. The van der Waals surface area contributed by atoms with Crippen LogP contribution in [-0.2, 0) is 0 Å². The lowest BCUT2D eigenvalue weighted by atomic mass is 10.1. The average Bonchev–Trinajstić information content (AvgIpc) is 2.09. The molecule has 0 aliphatic rings. The lowest BCUT2D eigenvalue weighted by molar-refractivity contribution is 0.905. The van der Waals surface area contributed by atoms with Crippen molar-refractivity contribution in [2.75, 3.05) is 0 Å². The fraction of sp³-hybridized carbons (Fsp3) is 0.111. The molecule has 0 N–H and O–H groups in total. The summed E-state index contributed by atoms with van der Waals surface area (Å²) in [5, 5.41) is 2.91. The van der Waals surface area contributed by atoms with Crippen molar-refractivity contribution in [3.63, 3.8) is 0 Å². The van der Waals surface area contributed by atoms with Gasteiger partial charge in [-0.25, -0.2) is 0 Å². The highest BCUT2D eigenvalue weighted by Crippen LogP contribution is 2.16. The zero-order chi connectivity index (χ0) is 8.10. The van der Waals surface area contributed by atoms with E-state index in [1.54, 1.807) is 0 Å². The maximum Gasteiger partial charge on any atom is 0.135 e. The number of benzene rings is 1. The Morgan fingerprint density at radius 1 is 1.36 bits per heavy atom. The van der Waals surface area contributed by atoms with Crippen molar-refractivity contribution in [3.05, 3.63) is 53.5 Å². The summed E-state index contributed by atoms with van der Waals surface area (Å²) in [5.41, 5.74) is 0.887. The normalized spacial score (nSPS) is 12.0. The minimum Gasteiger partial charge on any atom is -0.150 e. The van der Waals surface area contributed by atoms with E-state index in [4.69, 9.17) is 0 Å². The highest BCUT2D eigenvalue weighted by atomic mass is 16.3. The molecule has 1 atom stereocenters. The van der Waals surface area contributed by atoms with E-state index in [2.05, 4.69) is 11.8 Å². The smallest absolute Gasteiger partial charge is 0.135 e. The van der Waals surface area contributed by atoms with E-state index in [1.165, 1.54) is 6.08 Å². The van der Waals surface area contributed by atoms with Gasteiger partial charge in [-0.05, 0) is 5.56 Å². The van der Waals surface area contributed by atoms with Crippen LogP contribution in [-0.4, -0.2) is 0 Å². The molecule has 1 aromatic carbocycles. The molecular formula is C9H9NO. The van der Waals surface area contributed by atoms with Crippen molar-refractivity contribution in [2.45, 2.75) is 6.04 Å². The molecule has 2 heteroatoms. The third-order valence-corrected chi connectivity index (χ3v) is 1.48. The van der Waals surface area contributed by atoms with Gasteiger partial charge in [-0.1, -0.05) is 41.6 Å². The fourth-order valence-corrected chi connectivity index (χ4v) is 0.890. The Labute approximate surface area is 65.5 Å². The lowest BCUT2D eigenvalue weighted by Gasteiger charge is -2.00. The van der Waals surface area contributed by atoms with Gasteiger partial charge in [0.1, 0.15) is 6.04 Å². The first kappa shape index (κ1) is 7.66. The zero-order valence-electron chi connectivity index (χ0n) is 6.10. The molecule has 0 heterocycles. The second-order valence-electron chi connectivity index (χ2n) is 2.20. The second kappa shape index (κ2) is 3.66. The Morgan fingerprint density at radius 2 is 2.00 bits per heavy atom. The summed E-state index contributed by atoms with van der Waals surface area (Å²) in [6.45, 7) is 3.51. The van der Waals surface area contributed by atoms with Gasteiger partial charge in [0.15, 0.2) is 0 Å². The van der Waals surface area contributed by atoms with Crippen LogP contribution in [0.5, 0.6) is 0 Å². The van der Waals surface area contributed by atoms with Gasteiger partial charge in [-0.15, -0.1) is 11.5 Å². The molecule has 1 rings (SSSR count). The van der Waals surface area contributed by atoms with E-state index in [0.29, 0.717) is 0 Å². The van der Waals surface area contributed by atoms with Crippen LogP contribution in [0.4, 0.5) is 0 Å². The molecule has 0 bridgehead atoms. The number of rotatable bonds is 3. The van der Waals surface area contributed by atoms with Crippen molar-refractivity contribution in [1.29, 1.82) is 0 Å². The van der Waals surface area contributed by atoms with Crippen molar-refractivity contribution in [1.82, 2.24) is 0 Å². The molecule has 0 saturated carbocycles. The molecular weight excluding hydrogens is 138 g/mol. The van der Waals surface area contributed by atoms with E-state index in [-0.39, 0.29) is 0 Å². The summed E-state index contributed by atoms with van der Waals surface area (Å²) in [6.07, 6.45) is 1.53. The summed E-state index contributed by atoms with van der Waals surface area (Å²) < 4.78 is 0. The molecule has 0 aliphatic carbocycles. The van der Waals surface area contributed by atoms with Gasteiger partial charge in [0, 0.05) is 0 Å². The van der Waals surface area contributed by atoms with Crippen LogP contribution in [0.2, 0.25) is 0 Å². The quantitative estimate of drug-likeness (QED) is 0.477. The molecule has 56 valence electrons. The summed E-state index contributed by atoms with van der Waals surface area (Å²) in [5.74, 6) is 0. The Hall–Kier alpha value is -1.44. The van der Waals surface area contributed by atoms with Crippen LogP contribution < -0.4 is 0 Å². The van der Waals surface area contributed by atoms with Crippen molar-refractivity contribution in [3.8, 4) is 0 Å². The van der Waals surface area contributed by atoms with Crippen LogP contribution in [0.15, 0.2) is 48.2 Å². The Bertz CT molecular complexity index is 235. The first-order valence-electron chi connectivity index (χ1n) is 3.38. The summed E-state index contributed by atoms with van der Waals surface area (Å²) >= 11 is 0. The van der Waals surface area contributed by atoms with Crippen molar-refractivity contribution < 1.29 is 0 Å². The minimum absolute atomic E-state index is 0.406. The van der Waals surface area contributed by atoms with Crippen LogP contribution in [0.3, 0.4) is 0 Å². The van der Waals surface area contributed by atoms with Gasteiger partial charge in [-0.2, -0.15) is 0 Å². The molecule has 0 spiro atoms. The predicted octanol–water partition coefficient (Wildman–Crippen LogP) is 2.68. The number of nitroso groups, excluding NO2 is 1. The van der Waals surface area contributed by atoms with Crippen molar-refractivity contribution in [2.24, 2.45) is 5.18 Å². The van der Waals surface area contributed by atoms with E-state index in [1.807, 2.05) is 30.3 Å². The predicted molar refractivity (Wildman–Crippen MR) is 45.2 cm³/mol. The van der Waals surface area contributed by atoms with Gasteiger partial charge in [0.25, 0.3) is 0 Å². The number of nitrogens with zero attached hydrogens (tertiary/aromatic N) is 1. The third-order valence-electron chi connectivity index (χ3n) is 1.48. The Balaban J connectivity index is 2.90. The summed E-state index contributed by atoms with van der Waals surface area (Å²) in [4.78, 5) is 10.2. The van der Waals surface area contributed by atoms with Gasteiger partial charge >= 0.3 is 0 Å². The van der Waals surface area contributed by atoms with Gasteiger partial charge in [-0.3, -0.25) is 0 Å². The monoisotopic (exact) mass is 147 g/mol. The van der Waals surface area contributed by atoms with Crippen LogP contribution in [0.25, 0.3) is 0 Å². The summed E-state index contributed by atoms with van der Waals surface area (Å²) in [6, 6.07) is 8.94. The first-order valence-corrected chi connectivity index (χ1v) is 3.38. The molecule has 0 aromatic heterocycles. The Kier molecular flexibility index (Phi) is 2.55. The van der Waals surface area contributed by atoms with Gasteiger partial charge in [0.05, 0.1) is 0 Å². The van der Waals surface area contributed by atoms with Gasteiger partial charge in [0.2, 0.25) is 0 Å². The summed E-state index contributed by atoms with van der Waals surface area (Å²) in [7, 11) is 0. The maximum absolute atomic E-state index is 10.2. The third kappa shape index (κ3) is 1.74.